The number of hydrogen-bond acceptors (Lipinski definition) is 2. The van der Waals surface area contributed by atoms with Crippen LogP contribution in [0.15, 0.2) is 30.3 Å². The molecule has 2 saturated carbocycles. The molecule has 2 fully saturated rings. The van der Waals surface area contributed by atoms with E-state index in [2.05, 4.69) is 43.4 Å². The van der Waals surface area contributed by atoms with Crippen LogP contribution in [0.2, 0.25) is 0 Å². The van der Waals surface area contributed by atoms with E-state index in [1.54, 1.807) is 0 Å². The van der Waals surface area contributed by atoms with E-state index in [1.165, 1.54) is 12.0 Å². The largest absolute Gasteiger partial charge is 0.388 e. The summed E-state index contributed by atoms with van der Waals surface area (Å²) < 4.78 is 0. The van der Waals surface area contributed by atoms with Crippen molar-refractivity contribution < 1.29 is 5.11 Å². The van der Waals surface area contributed by atoms with Crippen LogP contribution in [0.4, 0.5) is 0 Å². The minimum atomic E-state index is -0.469. The van der Waals surface area contributed by atoms with Crippen molar-refractivity contribution in [2.24, 2.45) is 11.3 Å². The second-order valence-corrected chi connectivity index (χ2v) is 6.66. The van der Waals surface area contributed by atoms with Gasteiger partial charge in [-0.25, -0.2) is 0 Å². The Labute approximate surface area is 109 Å². The highest BCUT2D eigenvalue weighted by molar-refractivity contribution is 5.18. The van der Waals surface area contributed by atoms with Crippen molar-refractivity contribution >= 4 is 0 Å². The van der Waals surface area contributed by atoms with Crippen LogP contribution in [0.3, 0.4) is 0 Å². The minimum absolute atomic E-state index is 0.210. The summed E-state index contributed by atoms with van der Waals surface area (Å²) in [5.41, 5.74) is 1.03. The first-order valence-electron chi connectivity index (χ1n) is 7.02. The molecule has 0 unspecified atom stereocenters. The summed E-state index contributed by atoms with van der Waals surface area (Å²) in [7, 11) is 0. The molecule has 3 rings (SSSR count). The number of hydrogen-bond donors (Lipinski definition) is 2. The molecule has 0 aliphatic heterocycles. The SMILES string of the molecule is CC1(C)[C@H]2CC[C@](O)(C2)[C@H]1NCc1ccccc1. The Kier molecular flexibility index (Phi) is 2.76. The van der Waals surface area contributed by atoms with Crippen LogP contribution in [0.5, 0.6) is 0 Å². The lowest BCUT2D eigenvalue weighted by Gasteiger charge is -2.42. The van der Waals surface area contributed by atoms with Crippen molar-refractivity contribution in [2.45, 2.75) is 51.3 Å². The standard InChI is InChI=1S/C16H23NO/c1-15(2)13-8-9-16(18,10-13)14(15)17-11-12-6-4-3-5-7-12/h3-7,13-14,17-18H,8-11H2,1-2H3/t13-,14-,16-/m0/s1. The zero-order valence-corrected chi connectivity index (χ0v) is 11.3. The fourth-order valence-corrected chi connectivity index (χ4v) is 4.15. The van der Waals surface area contributed by atoms with Gasteiger partial charge >= 0.3 is 0 Å². The third-order valence-corrected chi connectivity index (χ3v) is 5.21. The summed E-state index contributed by atoms with van der Waals surface area (Å²) in [4.78, 5) is 0. The number of benzene rings is 1. The Morgan fingerprint density at radius 3 is 2.61 bits per heavy atom. The molecule has 0 amide bonds. The number of fused-ring (bicyclic) bond motifs is 2. The second-order valence-electron chi connectivity index (χ2n) is 6.66. The van der Waals surface area contributed by atoms with Gasteiger partial charge in [0.15, 0.2) is 0 Å². The van der Waals surface area contributed by atoms with E-state index in [1.807, 2.05) is 6.07 Å². The molecule has 18 heavy (non-hydrogen) atoms. The van der Waals surface area contributed by atoms with E-state index in [0.717, 1.165) is 19.4 Å². The maximum Gasteiger partial charge on any atom is 0.0808 e. The molecule has 0 heterocycles. The average molecular weight is 245 g/mol. The summed E-state index contributed by atoms with van der Waals surface area (Å²) in [5, 5.41) is 14.4. The van der Waals surface area contributed by atoms with Gasteiger partial charge < -0.3 is 10.4 Å². The molecule has 3 atom stereocenters. The fraction of sp³-hybridized carbons (Fsp3) is 0.625. The van der Waals surface area contributed by atoms with Crippen molar-refractivity contribution in [3.63, 3.8) is 0 Å². The molecular formula is C16H23NO. The van der Waals surface area contributed by atoms with Gasteiger partial charge in [-0.3, -0.25) is 0 Å². The first kappa shape index (κ1) is 12.2. The molecular weight excluding hydrogens is 222 g/mol. The summed E-state index contributed by atoms with van der Waals surface area (Å²) in [6, 6.07) is 10.7. The summed E-state index contributed by atoms with van der Waals surface area (Å²) in [5.74, 6) is 0.677. The third-order valence-electron chi connectivity index (χ3n) is 5.21. The van der Waals surface area contributed by atoms with Gasteiger partial charge in [-0.15, -0.1) is 0 Å². The lowest BCUT2D eigenvalue weighted by molar-refractivity contribution is -0.0128. The topological polar surface area (TPSA) is 32.3 Å². The lowest BCUT2D eigenvalue weighted by atomic mass is 9.71. The van der Waals surface area contributed by atoms with Crippen LogP contribution >= 0.6 is 0 Å². The van der Waals surface area contributed by atoms with Crippen LogP contribution < -0.4 is 5.32 Å². The van der Waals surface area contributed by atoms with Gasteiger partial charge in [0.2, 0.25) is 0 Å². The summed E-state index contributed by atoms with van der Waals surface area (Å²) in [6.07, 6.45) is 3.13. The van der Waals surface area contributed by atoms with Crippen LogP contribution in [-0.4, -0.2) is 16.7 Å². The fourth-order valence-electron chi connectivity index (χ4n) is 4.15. The van der Waals surface area contributed by atoms with Gasteiger partial charge in [0.1, 0.15) is 0 Å². The molecule has 0 saturated heterocycles. The molecule has 2 aliphatic carbocycles. The van der Waals surface area contributed by atoms with Gasteiger partial charge in [-0.1, -0.05) is 44.2 Å². The van der Waals surface area contributed by atoms with Crippen molar-refractivity contribution in [3.8, 4) is 0 Å². The zero-order chi connectivity index (χ0) is 12.8. The quantitative estimate of drug-likeness (QED) is 0.858. The van der Waals surface area contributed by atoms with Crippen LogP contribution in [0.25, 0.3) is 0 Å². The predicted octanol–water partition coefficient (Wildman–Crippen LogP) is 2.72. The number of nitrogens with one attached hydrogen (secondary N) is 1. The van der Waals surface area contributed by atoms with Crippen LogP contribution in [-0.2, 0) is 6.54 Å². The molecule has 2 heteroatoms. The molecule has 98 valence electrons. The number of rotatable bonds is 3. The van der Waals surface area contributed by atoms with E-state index in [0.29, 0.717) is 5.92 Å². The van der Waals surface area contributed by atoms with E-state index in [9.17, 15) is 5.11 Å². The van der Waals surface area contributed by atoms with E-state index in [-0.39, 0.29) is 11.5 Å². The Morgan fingerprint density at radius 2 is 2.00 bits per heavy atom. The average Bonchev–Trinajstić information content (AvgIpc) is 2.81. The molecule has 0 spiro atoms. The summed E-state index contributed by atoms with van der Waals surface area (Å²) >= 11 is 0. The Morgan fingerprint density at radius 1 is 1.28 bits per heavy atom. The molecule has 0 aromatic heterocycles. The highest BCUT2D eigenvalue weighted by Crippen LogP contribution is 2.57. The van der Waals surface area contributed by atoms with Crippen molar-refractivity contribution in [1.82, 2.24) is 5.32 Å². The minimum Gasteiger partial charge on any atom is -0.388 e. The van der Waals surface area contributed by atoms with Gasteiger partial charge in [-0.05, 0) is 36.2 Å². The van der Waals surface area contributed by atoms with Crippen LogP contribution in [0, 0.1) is 11.3 Å². The maximum absolute atomic E-state index is 10.8. The molecule has 0 radical (unpaired) electrons. The summed E-state index contributed by atoms with van der Waals surface area (Å²) in [6.45, 7) is 5.46. The molecule has 2 aliphatic rings. The number of aliphatic hydroxyl groups is 1. The van der Waals surface area contributed by atoms with E-state index < -0.39 is 5.60 Å². The van der Waals surface area contributed by atoms with Gasteiger partial charge in [0.05, 0.1) is 5.60 Å². The molecule has 2 nitrogen and oxygen atoms in total. The highest BCUT2D eigenvalue weighted by atomic mass is 16.3. The van der Waals surface area contributed by atoms with E-state index in [4.69, 9.17) is 0 Å². The first-order chi connectivity index (χ1) is 8.52. The normalized spacial score (nSPS) is 37.1. The Hall–Kier alpha value is -0.860. The zero-order valence-electron chi connectivity index (χ0n) is 11.3. The monoisotopic (exact) mass is 245 g/mol. The van der Waals surface area contributed by atoms with Crippen molar-refractivity contribution in [1.29, 1.82) is 0 Å². The van der Waals surface area contributed by atoms with Crippen molar-refractivity contribution in [2.75, 3.05) is 0 Å². The van der Waals surface area contributed by atoms with Crippen molar-refractivity contribution in [3.05, 3.63) is 35.9 Å². The van der Waals surface area contributed by atoms with Gasteiger partial charge in [0, 0.05) is 12.6 Å². The third kappa shape index (κ3) is 1.79. The Bertz CT molecular complexity index is 423. The molecule has 2 N–H and O–H groups in total. The molecule has 1 aromatic rings. The molecule has 1 aromatic carbocycles. The Balaban J connectivity index is 1.73. The smallest absolute Gasteiger partial charge is 0.0808 e. The van der Waals surface area contributed by atoms with Gasteiger partial charge in [-0.2, -0.15) is 0 Å². The second kappa shape index (κ2) is 4.07. The van der Waals surface area contributed by atoms with Gasteiger partial charge in [0.25, 0.3) is 0 Å². The highest BCUT2D eigenvalue weighted by Gasteiger charge is 2.60. The molecule has 2 bridgehead atoms. The lowest BCUT2D eigenvalue weighted by Crippen LogP contribution is -2.54. The van der Waals surface area contributed by atoms with Crippen LogP contribution in [0.1, 0.15) is 38.7 Å². The van der Waals surface area contributed by atoms with E-state index >= 15 is 0 Å². The first-order valence-corrected chi connectivity index (χ1v) is 7.02. The maximum atomic E-state index is 10.8. The predicted molar refractivity (Wildman–Crippen MR) is 73.1 cm³/mol.